The molecule has 9 nitrogen and oxygen atoms in total. The molecular formula is C29H31N5O4. The number of pyridine rings is 1. The number of rotatable bonds is 5. The fourth-order valence-electron chi connectivity index (χ4n) is 6.42. The molecule has 0 saturated carbocycles. The number of hydrogen-bond acceptors (Lipinski definition) is 6. The summed E-state index contributed by atoms with van der Waals surface area (Å²) < 4.78 is 1.49. The van der Waals surface area contributed by atoms with Crippen LogP contribution in [0, 0.1) is 12.3 Å². The first-order valence-electron chi connectivity index (χ1n) is 13.4. The molecule has 4 amide bonds. The summed E-state index contributed by atoms with van der Waals surface area (Å²) in [7, 11) is 0. The van der Waals surface area contributed by atoms with Gasteiger partial charge in [0, 0.05) is 25.7 Å². The molecule has 1 aromatic carbocycles. The maximum absolute atomic E-state index is 14.4. The van der Waals surface area contributed by atoms with Crippen LogP contribution in [-0.2, 0) is 22.4 Å². The van der Waals surface area contributed by atoms with Gasteiger partial charge in [0.1, 0.15) is 11.5 Å². The minimum atomic E-state index is -1.67. The number of hydrogen-bond donors (Lipinski definition) is 1. The Morgan fingerprint density at radius 1 is 1.05 bits per heavy atom. The monoisotopic (exact) mass is 513 g/mol. The molecule has 3 aliphatic heterocycles. The second-order valence-corrected chi connectivity index (χ2v) is 10.6. The third-order valence-electron chi connectivity index (χ3n) is 8.33. The smallest absolute Gasteiger partial charge is 0.330 e. The number of aryl methyl sites for hydroxylation is 1. The van der Waals surface area contributed by atoms with Crippen molar-refractivity contribution in [1.82, 2.24) is 19.6 Å². The van der Waals surface area contributed by atoms with Crippen LogP contribution in [0.5, 0.6) is 0 Å². The number of fused-ring (bicyclic) bond motifs is 7. The molecule has 1 fully saturated rings. The Morgan fingerprint density at radius 3 is 2.68 bits per heavy atom. The van der Waals surface area contributed by atoms with Crippen molar-refractivity contribution in [2.45, 2.75) is 58.4 Å². The van der Waals surface area contributed by atoms with Gasteiger partial charge in [0.2, 0.25) is 11.8 Å². The van der Waals surface area contributed by atoms with Crippen molar-refractivity contribution < 1.29 is 14.4 Å². The summed E-state index contributed by atoms with van der Waals surface area (Å²) in [6.07, 6.45) is 5.79. The van der Waals surface area contributed by atoms with E-state index in [1.807, 2.05) is 42.2 Å². The highest BCUT2D eigenvalue weighted by molar-refractivity contribution is 6.20. The zero-order valence-electron chi connectivity index (χ0n) is 21.7. The van der Waals surface area contributed by atoms with E-state index in [1.54, 1.807) is 12.3 Å². The quantitative estimate of drug-likeness (QED) is 0.415. The van der Waals surface area contributed by atoms with Crippen molar-refractivity contribution in [1.29, 1.82) is 0 Å². The Labute approximate surface area is 220 Å². The standard InChI is InChI=1S/C29H31N5O4/c1-3-4-5-8-14-34-27(37)29(26(36)31-28(34)38)17-21-24(30-23-18(2)10-9-15-33(23)25(21)35)32-16-13-19-11-6-7-12-20(19)22(29)32/h6-7,9-12,15,22H,3-5,8,13-14,16-17H2,1-2H3,(H,31,36,38). The van der Waals surface area contributed by atoms with E-state index in [4.69, 9.17) is 4.98 Å². The van der Waals surface area contributed by atoms with Gasteiger partial charge < -0.3 is 4.90 Å². The molecule has 5 heterocycles. The first-order valence-corrected chi connectivity index (χ1v) is 13.4. The minimum Gasteiger partial charge on any atom is -0.347 e. The molecular weight excluding hydrogens is 482 g/mol. The van der Waals surface area contributed by atoms with E-state index in [0.717, 1.165) is 36.0 Å². The van der Waals surface area contributed by atoms with E-state index in [1.165, 1.54) is 9.30 Å². The van der Waals surface area contributed by atoms with Gasteiger partial charge in [-0.3, -0.25) is 29.0 Å². The van der Waals surface area contributed by atoms with Crippen molar-refractivity contribution in [3.05, 3.63) is 75.2 Å². The number of unbranched alkanes of at least 4 members (excludes halogenated alkanes) is 3. The first-order chi connectivity index (χ1) is 18.4. The summed E-state index contributed by atoms with van der Waals surface area (Å²) >= 11 is 0. The van der Waals surface area contributed by atoms with Gasteiger partial charge in [0.15, 0.2) is 5.41 Å². The number of anilines is 1. The van der Waals surface area contributed by atoms with Crippen LogP contribution in [0.4, 0.5) is 10.6 Å². The number of aromatic nitrogens is 2. The lowest BCUT2D eigenvalue weighted by atomic mass is 9.65. The zero-order chi connectivity index (χ0) is 26.6. The van der Waals surface area contributed by atoms with Gasteiger partial charge in [-0.15, -0.1) is 0 Å². The number of benzene rings is 1. The van der Waals surface area contributed by atoms with Gasteiger partial charge in [-0.05, 0) is 42.5 Å². The van der Waals surface area contributed by atoms with E-state index >= 15 is 0 Å². The summed E-state index contributed by atoms with van der Waals surface area (Å²) in [6, 6.07) is 10.1. The fraction of sp³-hybridized carbons (Fsp3) is 0.414. The van der Waals surface area contributed by atoms with Gasteiger partial charge in [0.05, 0.1) is 11.6 Å². The first kappa shape index (κ1) is 24.3. The van der Waals surface area contributed by atoms with E-state index < -0.39 is 29.3 Å². The molecule has 0 bridgehead atoms. The Balaban J connectivity index is 1.57. The predicted molar refractivity (Wildman–Crippen MR) is 142 cm³/mol. The Morgan fingerprint density at radius 2 is 1.87 bits per heavy atom. The van der Waals surface area contributed by atoms with Crippen LogP contribution in [0.1, 0.15) is 60.9 Å². The maximum Gasteiger partial charge on any atom is 0.330 e. The number of amides is 4. The molecule has 1 N–H and O–H groups in total. The number of imide groups is 2. The second-order valence-electron chi connectivity index (χ2n) is 10.6. The molecule has 38 heavy (non-hydrogen) atoms. The van der Waals surface area contributed by atoms with Crippen LogP contribution < -0.4 is 15.8 Å². The number of carbonyl (C=O) groups excluding carboxylic acids is 3. The predicted octanol–water partition coefficient (Wildman–Crippen LogP) is 3.31. The molecule has 1 spiro atoms. The van der Waals surface area contributed by atoms with Crippen molar-refractivity contribution >= 4 is 29.3 Å². The van der Waals surface area contributed by atoms with E-state index in [9.17, 15) is 19.2 Å². The largest absolute Gasteiger partial charge is 0.347 e. The van der Waals surface area contributed by atoms with Crippen LogP contribution in [0.25, 0.3) is 5.65 Å². The Kier molecular flexibility index (Phi) is 5.81. The molecule has 0 radical (unpaired) electrons. The lowest BCUT2D eigenvalue weighted by Crippen LogP contribution is -2.70. The van der Waals surface area contributed by atoms with Gasteiger partial charge in [0.25, 0.3) is 5.56 Å². The van der Waals surface area contributed by atoms with Crippen molar-refractivity contribution in [2.75, 3.05) is 18.0 Å². The normalized spacial score (nSPS) is 22.4. The number of barbiturate groups is 1. The minimum absolute atomic E-state index is 0.121. The topological polar surface area (TPSA) is 104 Å². The summed E-state index contributed by atoms with van der Waals surface area (Å²) in [4.78, 5) is 63.1. The lowest BCUT2D eigenvalue weighted by molar-refractivity contribution is -0.154. The number of carbonyl (C=O) groups is 3. The molecule has 6 rings (SSSR count). The van der Waals surface area contributed by atoms with Crippen LogP contribution in [0.15, 0.2) is 47.4 Å². The van der Waals surface area contributed by atoms with Crippen molar-refractivity contribution in [3.8, 4) is 0 Å². The van der Waals surface area contributed by atoms with Gasteiger partial charge >= 0.3 is 6.03 Å². The van der Waals surface area contributed by atoms with E-state index in [0.29, 0.717) is 36.4 Å². The molecule has 2 unspecified atom stereocenters. The third kappa shape index (κ3) is 3.40. The maximum atomic E-state index is 14.4. The van der Waals surface area contributed by atoms with Crippen molar-refractivity contribution in [3.63, 3.8) is 0 Å². The molecule has 2 atom stereocenters. The second kappa shape index (κ2) is 9.08. The molecule has 9 heteroatoms. The SMILES string of the molecule is CCCCCCN1C(=O)NC(=O)C2(Cc3c(nc4c(C)cccn4c3=O)N3CCc4ccccc4C32)C1=O. The average molecular weight is 514 g/mol. The van der Waals surface area contributed by atoms with Gasteiger partial charge in [-0.1, -0.05) is 56.5 Å². The van der Waals surface area contributed by atoms with Crippen LogP contribution in [-0.4, -0.2) is 45.2 Å². The summed E-state index contributed by atoms with van der Waals surface area (Å²) in [6.45, 7) is 4.73. The number of urea groups is 1. The fourth-order valence-corrected chi connectivity index (χ4v) is 6.42. The lowest BCUT2D eigenvalue weighted by Gasteiger charge is -2.53. The molecule has 196 valence electrons. The summed E-state index contributed by atoms with van der Waals surface area (Å²) in [5, 5.41) is 2.49. The molecule has 3 aromatic rings. The Bertz CT molecular complexity index is 1550. The van der Waals surface area contributed by atoms with Crippen molar-refractivity contribution in [2.24, 2.45) is 5.41 Å². The molecule has 1 saturated heterocycles. The average Bonchev–Trinajstić information content (AvgIpc) is 2.92. The summed E-state index contributed by atoms with van der Waals surface area (Å²) in [5.74, 6) is -0.668. The molecule has 0 aliphatic carbocycles. The Hall–Kier alpha value is -4.01. The molecule has 3 aliphatic rings. The number of nitrogens with one attached hydrogen (secondary N) is 1. The van der Waals surface area contributed by atoms with Gasteiger partial charge in [-0.25, -0.2) is 9.78 Å². The summed E-state index contributed by atoms with van der Waals surface area (Å²) in [5.41, 5.74) is 1.69. The van der Waals surface area contributed by atoms with E-state index in [-0.39, 0.29) is 18.5 Å². The zero-order valence-corrected chi connectivity index (χ0v) is 21.7. The highest BCUT2D eigenvalue weighted by atomic mass is 16.2. The van der Waals surface area contributed by atoms with Crippen LogP contribution in [0.3, 0.4) is 0 Å². The number of nitrogens with zero attached hydrogens (tertiary/aromatic N) is 4. The highest BCUT2D eigenvalue weighted by Crippen LogP contribution is 2.52. The molecule has 2 aromatic heterocycles. The highest BCUT2D eigenvalue weighted by Gasteiger charge is 2.64. The third-order valence-corrected chi connectivity index (χ3v) is 8.33. The van der Waals surface area contributed by atoms with Crippen LogP contribution in [0.2, 0.25) is 0 Å². The van der Waals surface area contributed by atoms with Gasteiger partial charge in [-0.2, -0.15) is 0 Å². The van der Waals surface area contributed by atoms with Crippen LogP contribution >= 0.6 is 0 Å². The van der Waals surface area contributed by atoms with E-state index in [2.05, 4.69) is 12.2 Å².